The van der Waals surface area contributed by atoms with Crippen molar-refractivity contribution in [3.63, 3.8) is 0 Å². The molecule has 0 bridgehead atoms. The van der Waals surface area contributed by atoms with E-state index in [1.807, 2.05) is 60.5 Å². The van der Waals surface area contributed by atoms with Gasteiger partial charge in [0.15, 0.2) is 10.9 Å². The number of hydrogen-bond acceptors (Lipinski definition) is 3. The monoisotopic (exact) mass is 412 g/mol. The van der Waals surface area contributed by atoms with Gasteiger partial charge in [-0.15, -0.1) is 0 Å². The van der Waals surface area contributed by atoms with Crippen molar-refractivity contribution in [2.24, 2.45) is 0 Å². The van der Waals surface area contributed by atoms with Crippen LogP contribution in [0.4, 0.5) is 0 Å². The molecule has 6 heteroatoms. The predicted octanol–water partition coefficient (Wildman–Crippen LogP) is 4.79. The second-order valence-corrected chi connectivity index (χ2v) is 7.84. The average Bonchev–Trinajstić information content (AvgIpc) is 2.71. The molecule has 1 N–H and O–H groups in total. The maximum absolute atomic E-state index is 12.7. The van der Waals surface area contributed by atoms with Gasteiger partial charge in [-0.3, -0.25) is 4.79 Å². The average molecular weight is 413 g/mol. The molecule has 1 atom stereocenters. The van der Waals surface area contributed by atoms with E-state index in [0.717, 1.165) is 35.2 Å². The summed E-state index contributed by atoms with van der Waals surface area (Å²) in [4.78, 5) is 14.6. The van der Waals surface area contributed by atoms with E-state index in [-0.39, 0.29) is 11.8 Å². The Hall–Kier alpha value is -2.37. The van der Waals surface area contributed by atoms with Gasteiger partial charge < -0.3 is 15.0 Å². The lowest BCUT2D eigenvalue weighted by molar-refractivity contribution is -0.116. The number of ketones is 1. The summed E-state index contributed by atoms with van der Waals surface area (Å²) in [6.07, 6.45) is 2.30. The number of benzene rings is 2. The van der Waals surface area contributed by atoms with E-state index in [2.05, 4.69) is 5.32 Å². The molecule has 1 heterocycles. The second kappa shape index (κ2) is 7.94. The summed E-state index contributed by atoms with van der Waals surface area (Å²) in [6.45, 7) is 0.449. The highest BCUT2D eigenvalue weighted by molar-refractivity contribution is 7.80. The molecule has 0 radical (unpaired) electrons. The highest BCUT2D eigenvalue weighted by Gasteiger charge is 2.35. The molecule has 2 aromatic rings. The van der Waals surface area contributed by atoms with Gasteiger partial charge in [-0.1, -0.05) is 48.0 Å². The maximum Gasteiger partial charge on any atom is 0.173 e. The normalized spacial score (nSPS) is 19.4. The third-order valence-electron chi connectivity index (χ3n) is 5.22. The Bertz CT molecular complexity index is 958. The first-order valence-corrected chi connectivity index (χ1v) is 10.1. The molecule has 1 aliphatic carbocycles. The Balaban J connectivity index is 1.60. The third kappa shape index (κ3) is 3.64. The van der Waals surface area contributed by atoms with Crippen LogP contribution in [0.3, 0.4) is 0 Å². The molecule has 0 spiro atoms. The van der Waals surface area contributed by atoms with Crippen LogP contribution in [0.1, 0.15) is 36.4 Å². The van der Waals surface area contributed by atoms with E-state index in [9.17, 15) is 4.79 Å². The molecule has 2 aliphatic rings. The maximum atomic E-state index is 12.7. The largest absolute Gasteiger partial charge is 0.487 e. The highest BCUT2D eigenvalue weighted by Crippen LogP contribution is 2.38. The van der Waals surface area contributed by atoms with Crippen molar-refractivity contribution in [2.75, 3.05) is 7.05 Å². The summed E-state index contributed by atoms with van der Waals surface area (Å²) in [7, 11) is 1.91. The van der Waals surface area contributed by atoms with E-state index < -0.39 is 0 Å². The van der Waals surface area contributed by atoms with Crippen molar-refractivity contribution in [1.82, 2.24) is 10.2 Å². The fourth-order valence-electron chi connectivity index (χ4n) is 3.74. The molecular weight excluding hydrogens is 392 g/mol. The van der Waals surface area contributed by atoms with Crippen molar-refractivity contribution >= 4 is 34.7 Å². The summed E-state index contributed by atoms with van der Waals surface area (Å²) in [5.41, 5.74) is 3.81. The van der Waals surface area contributed by atoms with Crippen LogP contribution < -0.4 is 10.1 Å². The van der Waals surface area contributed by atoms with Crippen LogP contribution in [0, 0.1) is 0 Å². The Morgan fingerprint density at radius 3 is 2.75 bits per heavy atom. The number of nitrogens with zero attached hydrogens (tertiary/aromatic N) is 1. The summed E-state index contributed by atoms with van der Waals surface area (Å²) in [6, 6.07) is 15.3. The molecule has 1 unspecified atom stereocenters. The van der Waals surface area contributed by atoms with E-state index in [4.69, 9.17) is 28.6 Å². The van der Waals surface area contributed by atoms with E-state index >= 15 is 0 Å². The Morgan fingerprint density at radius 2 is 2.00 bits per heavy atom. The van der Waals surface area contributed by atoms with E-state index in [1.165, 1.54) is 0 Å². The number of hydrogen-bond donors (Lipinski definition) is 1. The number of rotatable bonds is 4. The number of Topliss-reactive ketones (excluding diaryl/α,β-unsaturated/α-hetero) is 1. The lowest BCUT2D eigenvalue weighted by Crippen LogP contribution is -2.47. The summed E-state index contributed by atoms with van der Waals surface area (Å²) < 4.78 is 5.87. The molecule has 4 rings (SSSR count). The molecular formula is C22H21ClN2O2S. The topological polar surface area (TPSA) is 41.6 Å². The van der Waals surface area contributed by atoms with Crippen molar-refractivity contribution < 1.29 is 9.53 Å². The van der Waals surface area contributed by atoms with Gasteiger partial charge >= 0.3 is 0 Å². The predicted molar refractivity (Wildman–Crippen MR) is 114 cm³/mol. The lowest BCUT2D eigenvalue weighted by atomic mass is 9.85. The molecule has 0 fully saturated rings. The Labute approximate surface area is 175 Å². The molecule has 0 amide bonds. The van der Waals surface area contributed by atoms with Gasteiger partial charge in [-0.2, -0.15) is 0 Å². The van der Waals surface area contributed by atoms with Crippen LogP contribution in [0.25, 0.3) is 0 Å². The van der Waals surface area contributed by atoms with Gasteiger partial charge in [-0.25, -0.2) is 0 Å². The van der Waals surface area contributed by atoms with Gasteiger partial charge in [0.25, 0.3) is 0 Å². The summed E-state index contributed by atoms with van der Waals surface area (Å²) in [5, 5.41) is 4.44. The van der Waals surface area contributed by atoms with Crippen LogP contribution in [0.15, 0.2) is 59.8 Å². The van der Waals surface area contributed by atoms with Crippen molar-refractivity contribution in [1.29, 1.82) is 0 Å². The third-order valence-corrected chi connectivity index (χ3v) is 5.91. The number of carbonyl (C=O) groups excluding carboxylic acids is 1. The van der Waals surface area contributed by atoms with Gasteiger partial charge in [0, 0.05) is 24.7 Å². The van der Waals surface area contributed by atoms with Gasteiger partial charge in [0.2, 0.25) is 0 Å². The van der Waals surface area contributed by atoms with E-state index in [0.29, 0.717) is 28.9 Å². The van der Waals surface area contributed by atoms with Gasteiger partial charge in [0.05, 0.1) is 11.1 Å². The van der Waals surface area contributed by atoms with Crippen molar-refractivity contribution in [2.45, 2.75) is 31.9 Å². The molecule has 28 heavy (non-hydrogen) atoms. The zero-order valence-corrected chi connectivity index (χ0v) is 17.1. The Morgan fingerprint density at radius 1 is 1.21 bits per heavy atom. The molecule has 0 saturated heterocycles. The number of ether oxygens (including phenoxy) is 1. The fraction of sp³-hybridized carbons (Fsp3) is 0.273. The molecule has 0 aromatic heterocycles. The number of nitrogens with one attached hydrogen (secondary N) is 1. The number of carbonyl (C=O) groups is 1. The number of allylic oxidation sites excluding steroid dienone is 1. The highest BCUT2D eigenvalue weighted by atomic mass is 35.5. The van der Waals surface area contributed by atoms with Crippen molar-refractivity contribution in [3.8, 4) is 5.75 Å². The fourth-order valence-corrected chi connectivity index (χ4v) is 4.21. The quantitative estimate of drug-likeness (QED) is 0.731. The second-order valence-electron chi connectivity index (χ2n) is 7.04. The standard InChI is InChI=1S/C22H21ClN2O2S/c1-25-17-8-5-9-18(26)20(17)21(24-22(25)28)15-10-11-19(16(23)12-15)27-13-14-6-3-2-4-7-14/h2-4,6-7,10-12,21H,5,8-9,13H2,1H3,(H,24,28). The Kier molecular flexibility index (Phi) is 5.38. The molecule has 4 nitrogen and oxygen atoms in total. The number of thiocarbonyl (C=S) groups is 1. The summed E-state index contributed by atoms with van der Waals surface area (Å²) >= 11 is 12.0. The lowest BCUT2D eigenvalue weighted by Gasteiger charge is -2.39. The van der Waals surface area contributed by atoms with Crippen LogP contribution in [-0.2, 0) is 11.4 Å². The molecule has 1 aliphatic heterocycles. The summed E-state index contributed by atoms with van der Waals surface area (Å²) in [5.74, 6) is 0.794. The van der Waals surface area contributed by atoms with Crippen LogP contribution >= 0.6 is 23.8 Å². The van der Waals surface area contributed by atoms with Crippen LogP contribution in [0.5, 0.6) is 5.75 Å². The molecule has 2 aromatic carbocycles. The first-order valence-electron chi connectivity index (χ1n) is 9.31. The minimum atomic E-state index is -0.271. The minimum Gasteiger partial charge on any atom is -0.487 e. The SMILES string of the molecule is CN1C(=S)NC(c2ccc(OCc3ccccc3)c(Cl)c2)C2=C1CCCC2=O. The molecule has 144 valence electrons. The van der Waals surface area contributed by atoms with Gasteiger partial charge in [-0.05, 0) is 48.3 Å². The minimum absolute atomic E-state index is 0.175. The number of halogens is 1. The van der Waals surface area contributed by atoms with Crippen LogP contribution in [0.2, 0.25) is 5.02 Å². The zero-order chi connectivity index (χ0) is 19.7. The zero-order valence-electron chi connectivity index (χ0n) is 15.6. The van der Waals surface area contributed by atoms with E-state index in [1.54, 1.807) is 0 Å². The first kappa shape index (κ1) is 19.0. The molecule has 0 saturated carbocycles. The van der Waals surface area contributed by atoms with Gasteiger partial charge in [0.1, 0.15) is 12.4 Å². The first-order chi connectivity index (χ1) is 13.5. The van der Waals surface area contributed by atoms with Crippen LogP contribution in [-0.4, -0.2) is 22.8 Å². The smallest absolute Gasteiger partial charge is 0.173 e. The van der Waals surface area contributed by atoms with Crippen molar-refractivity contribution in [3.05, 3.63) is 76.0 Å².